The summed E-state index contributed by atoms with van der Waals surface area (Å²) in [7, 11) is 0. The largest absolute Gasteiger partial charge is 0.480 e. The Hall–Kier alpha value is -1.43. The average Bonchev–Trinajstić information content (AvgIpc) is 2.51. The van der Waals surface area contributed by atoms with Gasteiger partial charge in [-0.15, -0.1) is 11.3 Å². The lowest BCUT2D eigenvalue weighted by atomic mass is 10.4. The van der Waals surface area contributed by atoms with E-state index in [1.165, 1.54) is 16.8 Å². The van der Waals surface area contributed by atoms with Gasteiger partial charge in [-0.3, -0.25) is 9.59 Å². The van der Waals surface area contributed by atoms with Crippen LogP contribution in [0.2, 0.25) is 0 Å². The molecule has 6 heteroatoms. The van der Waals surface area contributed by atoms with E-state index in [9.17, 15) is 9.59 Å². The van der Waals surface area contributed by atoms with E-state index in [0.29, 0.717) is 0 Å². The second kappa shape index (κ2) is 3.82. The van der Waals surface area contributed by atoms with Crippen molar-refractivity contribution in [2.45, 2.75) is 0 Å². The number of carbonyl (C=O) groups excluding carboxylic acids is 1. The monoisotopic (exact) mass is 186 g/mol. The summed E-state index contributed by atoms with van der Waals surface area (Å²) >= 11 is 1.28. The molecular formula is C6H6N2O3S. The maximum Gasteiger partial charge on any atom is 0.322 e. The minimum absolute atomic E-state index is 0.251. The zero-order valence-corrected chi connectivity index (χ0v) is 6.80. The second-order valence-corrected chi connectivity index (χ2v) is 2.67. The van der Waals surface area contributed by atoms with Gasteiger partial charge in [0.25, 0.3) is 5.91 Å². The fourth-order valence-corrected chi connectivity index (χ4v) is 1.10. The molecule has 0 bridgehead atoms. The van der Waals surface area contributed by atoms with Crippen molar-refractivity contribution < 1.29 is 14.7 Å². The molecule has 0 aliphatic rings. The van der Waals surface area contributed by atoms with Gasteiger partial charge in [-0.1, -0.05) is 0 Å². The Morgan fingerprint density at radius 3 is 2.92 bits per heavy atom. The van der Waals surface area contributed by atoms with Gasteiger partial charge < -0.3 is 10.4 Å². The van der Waals surface area contributed by atoms with Gasteiger partial charge in [-0.05, 0) is 0 Å². The number of nitrogens with zero attached hydrogens (tertiary/aromatic N) is 1. The van der Waals surface area contributed by atoms with Crippen LogP contribution in [-0.2, 0) is 4.79 Å². The van der Waals surface area contributed by atoms with Gasteiger partial charge in [0.05, 0.1) is 5.51 Å². The van der Waals surface area contributed by atoms with Crippen LogP contribution in [0.3, 0.4) is 0 Å². The van der Waals surface area contributed by atoms with Crippen LogP contribution in [0.1, 0.15) is 10.5 Å². The van der Waals surface area contributed by atoms with E-state index in [4.69, 9.17) is 5.11 Å². The second-order valence-electron chi connectivity index (χ2n) is 1.95. The molecule has 1 aromatic rings. The zero-order valence-electron chi connectivity index (χ0n) is 5.98. The van der Waals surface area contributed by atoms with Gasteiger partial charge in [0.15, 0.2) is 0 Å². The number of thiazole rings is 1. The highest BCUT2D eigenvalue weighted by atomic mass is 32.1. The summed E-state index contributed by atoms with van der Waals surface area (Å²) in [5.41, 5.74) is 1.76. The lowest BCUT2D eigenvalue weighted by Gasteiger charge is -1.96. The number of carboxylic acid groups (broad SMARTS) is 1. The number of hydrogen-bond donors (Lipinski definition) is 2. The molecule has 1 amide bonds. The molecule has 0 aromatic carbocycles. The van der Waals surface area contributed by atoms with Gasteiger partial charge in [0.2, 0.25) is 0 Å². The summed E-state index contributed by atoms with van der Waals surface area (Å²) in [4.78, 5) is 24.7. The molecule has 0 atom stereocenters. The first-order valence-corrected chi connectivity index (χ1v) is 4.02. The molecule has 12 heavy (non-hydrogen) atoms. The van der Waals surface area contributed by atoms with Crippen LogP contribution in [0.4, 0.5) is 0 Å². The van der Waals surface area contributed by atoms with Crippen LogP contribution in [-0.4, -0.2) is 28.5 Å². The van der Waals surface area contributed by atoms with Crippen molar-refractivity contribution in [2.75, 3.05) is 6.54 Å². The van der Waals surface area contributed by atoms with Gasteiger partial charge in [-0.2, -0.15) is 0 Å². The summed E-state index contributed by atoms with van der Waals surface area (Å²) in [5.74, 6) is -1.53. The highest BCUT2D eigenvalue weighted by Gasteiger charge is 2.07. The van der Waals surface area contributed by atoms with Crippen LogP contribution >= 0.6 is 11.3 Å². The number of amides is 1. The summed E-state index contributed by atoms with van der Waals surface area (Å²) in [6, 6.07) is 0. The van der Waals surface area contributed by atoms with E-state index >= 15 is 0 Å². The van der Waals surface area contributed by atoms with Crippen molar-refractivity contribution in [3.05, 3.63) is 16.6 Å². The third-order valence-electron chi connectivity index (χ3n) is 1.07. The van der Waals surface area contributed by atoms with Gasteiger partial charge in [-0.25, -0.2) is 4.98 Å². The fraction of sp³-hybridized carbons (Fsp3) is 0.167. The molecule has 2 N–H and O–H groups in total. The number of carboxylic acids is 1. The molecule has 0 saturated heterocycles. The number of aromatic nitrogens is 1. The van der Waals surface area contributed by atoms with Crippen molar-refractivity contribution in [1.29, 1.82) is 0 Å². The number of nitrogens with one attached hydrogen (secondary N) is 1. The van der Waals surface area contributed by atoms with E-state index in [0.717, 1.165) is 0 Å². The van der Waals surface area contributed by atoms with Crippen molar-refractivity contribution >= 4 is 23.2 Å². The Morgan fingerprint density at radius 2 is 2.42 bits per heavy atom. The smallest absolute Gasteiger partial charge is 0.322 e. The number of hydrogen-bond acceptors (Lipinski definition) is 4. The quantitative estimate of drug-likeness (QED) is 0.694. The minimum Gasteiger partial charge on any atom is -0.480 e. The zero-order chi connectivity index (χ0) is 8.97. The third-order valence-corrected chi connectivity index (χ3v) is 1.65. The van der Waals surface area contributed by atoms with E-state index in [2.05, 4.69) is 10.3 Å². The van der Waals surface area contributed by atoms with Gasteiger partial charge in [0.1, 0.15) is 12.2 Å². The summed E-state index contributed by atoms with van der Waals surface area (Å²) in [6.45, 7) is -0.379. The molecule has 5 nitrogen and oxygen atoms in total. The summed E-state index contributed by atoms with van der Waals surface area (Å²) in [5, 5.41) is 12.0. The molecule has 1 aromatic heterocycles. The third kappa shape index (κ3) is 2.31. The Morgan fingerprint density at radius 1 is 1.67 bits per heavy atom. The molecule has 0 fully saturated rings. The molecule has 0 radical (unpaired) electrons. The van der Waals surface area contributed by atoms with E-state index in [-0.39, 0.29) is 12.2 Å². The minimum atomic E-state index is -1.07. The fourth-order valence-electron chi connectivity index (χ4n) is 0.571. The topological polar surface area (TPSA) is 79.3 Å². The SMILES string of the molecule is O=C(O)CNC(=O)c1cscn1. The predicted molar refractivity (Wildman–Crippen MR) is 42.1 cm³/mol. The molecule has 0 unspecified atom stereocenters. The lowest BCUT2D eigenvalue weighted by molar-refractivity contribution is -0.135. The Balaban J connectivity index is 2.45. The van der Waals surface area contributed by atoms with Crippen molar-refractivity contribution in [3.8, 4) is 0 Å². The summed E-state index contributed by atoms with van der Waals surface area (Å²) in [6.07, 6.45) is 0. The van der Waals surface area contributed by atoms with E-state index in [1.807, 2.05) is 0 Å². The van der Waals surface area contributed by atoms with Crippen LogP contribution in [0.5, 0.6) is 0 Å². The van der Waals surface area contributed by atoms with Crippen LogP contribution in [0, 0.1) is 0 Å². The predicted octanol–water partition coefficient (Wildman–Crippen LogP) is -0.0425. The molecular weight excluding hydrogens is 180 g/mol. The van der Waals surface area contributed by atoms with E-state index in [1.54, 1.807) is 5.38 Å². The standard InChI is InChI=1S/C6H6N2O3S/c9-5(10)1-7-6(11)4-2-12-3-8-4/h2-3H,1H2,(H,7,11)(H,9,10). The lowest BCUT2D eigenvalue weighted by Crippen LogP contribution is -2.29. The molecule has 0 aliphatic heterocycles. The molecule has 64 valence electrons. The maximum atomic E-state index is 11.0. The first kappa shape index (κ1) is 8.66. The molecule has 0 spiro atoms. The Kier molecular flexibility index (Phi) is 2.76. The van der Waals surface area contributed by atoms with Crippen molar-refractivity contribution in [1.82, 2.24) is 10.3 Å². The van der Waals surface area contributed by atoms with Crippen molar-refractivity contribution in [2.24, 2.45) is 0 Å². The Labute approximate surface area is 72.1 Å². The maximum absolute atomic E-state index is 11.0. The van der Waals surface area contributed by atoms with Crippen molar-refractivity contribution in [3.63, 3.8) is 0 Å². The summed E-state index contributed by atoms with van der Waals surface area (Å²) < 4.78 is 0. The number of aliphatic carboxylic acids is 1. The molecule has 0 aliphatic carbocycles. The highest BCUT2D eigenvalue weighted by Crippen LogP contribution is 1.99. The van der Waals surface area contributed by atoms with Gasteiger partial charge in [0, 0.05) is 5.38 Å². The normalized spacial score (nSPS) is 9.33. The average molecular weight is 186 g/mol. The van der Waals surface area contributed by atoms with Crippen LogP contribution in [0.25, 0.3) is 0 Å². The van der Waals surface area contributed by atoms with Crippen LogP contribution in [0.15, 0.2) is 10.9 Å². The van der Waals surface area contributed by atoms with E-state index < -0.39 is 11.9 Å². The molecule has 0 saturated carbocycles. The van der Waals surface area contributed by atoms with Crippen LogP contribution < -0.4 is 5.32 Å². The highest BCUT2D eigenvalue weighted by molar-refractivity contribution is 7.07. The first-order valence-electron chi connectivity index (χ1n) is 3.08. The molecule has 1 heterocycles. The first-order chi connectivity index (χ1) is 5.70. The number of carbonyl (C=O) groups is 2. The van der Waals surface area contributed by atoms with Gasteiger partial charge >= 0.3 is 5.97 Å². The Bertz CT molecular complexity index is 283. The number of rotatable bonds is 3. The molecule has 1 rings (SSSR count).